The Morgan fingerprint density at radius 1 is 0.667 bits per heavy atom. The lowest BCUT2D eigenvalue weighted by molar-refractivity contribution is 1.39. The molecular formula is C18H24P2S. The Morgan fingerprint density at radius 3 is 1.38 bits per heavy atom. The van der Waals surface area contributed by atoms with Crippen LogP contribution in [-0.4, -0.2) is 26.7 Å². The molecule has 0 saturated carbocycles. The third kappa shape index (κ3) is 4.32. The van der Waals surface area contributed by atoms with E-state index in [1.165, 1.54) is 31.5 Å². The maximum absolute atomic E-state index is 2.36. The van der Waals surface area contributed by atoms with Crippen LogP contribution in [-0.2, 0) is 0 Å². The fourth-order valence-electron chi connectivity index (χ4n) is 2.24. The smallest absolute Gasteiger partial charge is 0.0199 e. The van der Waals surface area contributed by atoms with Gasteiger partial charge in [0.1, 0.15) is 0 Å². The maximum atomic E-state index is 2.36. The normalized spacial score (nSPS) is 11.4. The minimum absolute atomic E-state index is 0.0755. The fourth-order valence-corrected chi connectivity index (χ4v) is 6.40. The molecule has 0 N–H and O–H groups in total. The molecule has 0 bridgehead atoms. The summed E-state index contributed by atoms with van der Waals surface area (Å²) in [6.45, 7) is 13.7. The van der Waals surface area contributed by atoms with Gasteiger partial charge in [0.2, 0.25) is 0 Å². The third-order valence-corrected chi connectivity index (χ3v) is 7.53. The van der Waals surface area contributed by atoms with E-state index >= 15 is 0 Å². The molecule has 0 heterocycles. The average Bonchev–Trinajstić information content (AvgIpc) is 2.42. The summed E-state index contributed by atoms with van der Waals surface area (Å²) in [5.41, 5.74) is 2.73. The number of hydrogen-bond acceptors (Lipinski definition) is 1. The molecule has 112 valence electrons. The van der Waals surface area contributed by atoms with Crippen molar-refractivity contribution >= 4 is 38.2 Å². The highest BCUT2D eigenvalue weighted by molar-refractivity contribution is 8.00. The Bertz CT molecular complexity index is 578. The predicted molar refractivity (Wildman–Crippen MR) is 103 cm³/mol. The van der Waals surface area contributed by atoms with Crippen LogP contribution in [0.4, 0.5) is 0 Å². The van der Waals surface area contributed by atoms with Gasteiger partial charge in [0.15, 0.2) is 0 Å². The van der Waals surface area contributed by atoms with Crippen molar-refractivity contribution < 1.29 is 0 Å². The Labute approximate surface area is 136 Å². The minimum Gasteiger partial charge on any atom is -0.0888 e. The molecule has 0 nitrogen and oxygen atoms in total. The molecule has 0 saturated heterocycles. The average molecular weight is 334 g/mol. The molecular weight excluding hydrogens is 310 g/mol. The molecule has 2 aromatic rings. The summed E-state index contributed by atoms with van der Waals surface area (Å²) in [7, 11) is -0.151. The van der Waals surface area contributed by atoms with Crippen LogP contribution in [0.1, 0.15) is 11.1 Å². The summed E-state index contributed by atoms with van der Waals surface area (Å²) in [6.07, 6.45) is 0. The zero-order valence-corrected chi connectivity index (χ0v) is 16.4. The van der Waals surface area contributed by atoms with E-state index in [1.54, 1.807) is 0 Å². The van der Waals surface area contributed by atoms with Gasteiger partial charge in [0.25, 0.3) is 0 Å². The van der Waals surface area contributed by atoms with E-state index < -0.39 is 0 Å². The highest BCUT2D eigenvalue weighted by atomic mass is 32.2. The third-order valence-electron chi connectivity index (χ3n) is 3.41. The van der Waals surface area contributed by atoms with Gasteiger partial charge in [-0.2, -0.15) is 0 Å². The molecule has 0 amide bonds. The standard InChI is InChI=1S/C18H24P2S/c1-13-7-9-17(15(11-13)19(3)4)21-18-10-8-14(2)12-16(18)20(5)6/h7-12H,1-6H3. The van der Waals surface area contributed by atoms with E-state index in [0.717, 1.165) is 0 Å². The zero-order valence-electron chi connectivity index (χ0n) is 13.8. The number of hydrogen-bond donors (Lipinski definition) is 0. The van der Waals surface area contributed by atoms with Crippen LogP contribution in [0.2, 0.25) is 0 Å². The van der Waals surface area contributed by atoms with Gasteiger partial charge in [-0.15, -0.1) is 0 Å². The van der Waals surface area contributed by atoms with Gasteiger partial charge >= 0.3 is 0 Å². The number of benzene rings is 2. The molecule has 0 aromatic heterocycles. The Kier molecular flexibility index (Phi) is 5.89. The monoisotopic (exact) mass is 334 g/mol. The van der Waals surface area contributed by atoms with Gasteiger partial charge in [-0.1, -0.05) is 63.0 Å². The van der Waals surface area contributed by atoms with Crippen molar-refractivity contribution in [2.75, 3.05) is 26.7 Å². The van der Waals surface area contributed by atoms with Crippen molar-refractivity contribution in [2.24, 2.45) is 0 Å². The second-order valence-electron chi connectivity index (χ2n) is 5.83. The SMILES string of the molecule is Cc1ccc(Sc2ccc(C)cc2P(C)C)c(P(C)C)c1. The molecule has 2 rings (SSSR count). The van der Waals surface area contributed by atoms with Crippen molar-refractivity contribution in [3.05, 3.63) is 47.5 Å². The van der Waals surface area contributed by atoms with Crippen molar-refractivity contribution in [1.82, 2.24) is 0 Å². The highest BCUT2D eigenvalue weighted by Gasteiger charge is 2.12. The summed E-state index contributed by atoms with van der Waals surface area (Å²) in [6, 6.07) is 13.8. The molecule has 0 aliphatic carbocycles. The first-order chi connectivity index (χ1) is 9.88. The van der Waals surface area contributed by atoms with E-state index in [0.29, 0.717) is 0 Å². The molecule has 2 aromatic carbocycles. The molecule has 21 heavy (non-hydrogen) atoms. The molecule has 0 fully saturated rings. The van der Waals surface area contributed by atoms with Gasteiger partial charge < -0.3 is 0 Å². The maximum Gasteiger partial charge on any atom is 0.0199 e. The van der Waals surface area contributed by atoms with Crippen molar-refractivity contribution in [3.63, 3.8) is 0 Å². The minimum atomic E-state index is -0.0755. The first-order valence-corrected chi connectivity index (χ1v) is 12.4. The number of aryl methyl sites for hydroxylation is 2. The van der Waals surface area contributed by atoms with Crippen LogP contribution in [0.25, 0.3) is 0 Å². The van der Waals surface area contributed by atoms with Crippen LogP contribution in [0.5, 0.6) is 0 Å². The first kappa shape index (κ1) is 17.0. The summed E-state index contributed by atoms with van der Waals surface area (Å²) in [4.78, 5) is 2.86. The van der Waals surface area contributed by atoms with Crippen LogP contribution in [0, 0.1) is 13.8 Å². The van der Waals surface area contributed by atoms with Gasteiger partial charge in [-0.3, -0.25) is 0 Å². The summed E-state index contributed by atoms with van der Waals surface area (Å²) in [5.74, 6) is 0. The summed E-state index contributed by atoms with van der Waals surface area (Å²) >= 11 is 1.95. The van der Waals surface area contributed by atoms with Gasteiger partial charge in [0.05, 0.1) is 0 Å². The van der Waals surface area contributed by atoms with Crippen LogP contribution in [0.3, 0.4) is 0 Å². The van der Waals surface area contributed by atoms with E-state index in [1.807, 2.05) is 11.8 Å². The molecule has 0 aliphatic rings. The molecule has 0 spiro atoms. The Balaban J connectivity index is 2.43. The van der Waals surface area contributed by atoms with Gasteiger partial charge in [-0.25, -0.2) is 0 Å². The van der Waals surface area contributed by atoms with E-state index in [-0.39, 0.29) is 15.8 Å². The quantitative estimate of drug-likeness (QED) is 0.694. The number of rotatable bonds is 4. The molecule has 0 unspecified atom stereocenters. The van der Waals surface area contributed by atoms with Gasteiger partial charge in [-0.05, 0) is 63.2 Å². The second kappa shape index (κ2) is 7.28. The lowest BCUT2D eigenvalue weighted by Crippen LogP contribution is -2.07. The van der Waals surface area contributed by atoms with Crippen molar-refractivity contribution in [2.45, 2.75) is 23.6 Å². The molecule has 0 aliphatic heterocycles. The first-order valence-electron chi connectivity index (χ1n) is 7.12. The largest absolute Gasteiger partial charge is 0.0888 e. The van der Waals surface area contributed by atoms with Crippen LogP contribution in [0.15, 0.2) is 46.2 Å². The predicted octanol–water partition coefficient (Wildman–Crippen LogP) is 5.19. The molecule has 0 radical (unpaired) electrons. The van der Waals surface area contributed by atoms with E-state index in [9.17, 15) is 0 Å². The molecule has 0 atom stereocenters. The van der Waals surface area contributed by atoms with Gasteiger partial charge in [0, 0.05) is 9.79 Å². The Morgan fingerprint density at radius 2 is 1.05 bits per heavy atom. The lowest BCUT2D eigenvalue weighted by Gasteiger charge is -2.17. The van der Waals surface area contributed by atoms with Crippen LogP contribution < -0.4 is 10.6 Å². The van der Waals surface area contributed by atoms with Crippen molar-refractivity contribution in [3.8, 4) is 0 Å². The second-order valence-corrected chi connectivity index (χ2v) is 11.5. The molecule has 3 heteroatoms. The zero-order chi connectivity index (χ0) is 15.6. The lowest BCUT2D eigenvalue weighted by atomic mass is 10.2. The Hall–Kier alpha value is -0.350. The van der Waals surface area contributed by atoms with Crippen molar-refractivity contribution in [1.29, 1.82) is 0 Å². The topological polar surface area (TPSA) is 0 Å². The highest BCUT2D eigenvalue weighted by Crippen LogP contribution is 2.37. The van der Waals surface area contributed by atoms with E-state index in [2.05, 4.69) is 76.9 Å². The van der Waals surface area contributed by atoms with Crippen LogP contribution >= 0.6 is 27.6 Å². The van der Waals surface area contributed by atoms with E-state index in [4.69, 9.17) is 0 Å². The fraction of sp³-hybridized carbons (Fsp3) is 0.333. The summed E-state index contributed by atoms with van der Waals surface area (Å²) in [5, 5.41) is 3.05. The summed E-state index contributed by atoms with van der Waals surface area (Å²) < 4.78 is 0.